The predicted molar refractivity (Wildman–Crippen MR) is 46.5 cm³/mol. The molecule has 0 aromatic heterocycles. The van der Waals surface area contributed by atoms with Crippen molar-refractivity contribution < 1.29 is 29.0 Å². The molecule has 0 fully saturated rings. The molecule has 0 aliphatic carbocycles. The van der Waals surface area contributed by atoms with Crippen molar-refractivity contribution in [2.24, 2.45) is 0 Å². The van der Waals surface area contributed by atoms with Gasteiger partial charge in [-0.25, -0.2) is 9.59 Å². The standard InChI is InChI=1S/C5H8O4.C3H4O2/c1-4(6)9-5(7)3-8-2;1-2-3(4)5/h3H2,1-2H3;2H,1H2,(H,4,5). The van der Waals surface area contributed by atoms with Gasteiger partial charge in [0.2, 0.25) is 0 Å². The van der Waals surface area contributed by atoms with E-state index in [-0.39, 0.29) is 6.61 Å². The van der Waals surface area contributed by atoms with E-state index in [0.29, 0.717) is 0 Å². The minimum Gasteiger partial charge on any atom is -0.478 e. The van der Waals surface area contributed by atoms with Crippen LogP contribution in [0.3, 0.4) is 0 Å². The zero-order chi connectivity index (χ0) is 11.6. The van der Waals surface area contributed by atoms with Crippen LogP contribution in [0.1, 0.15) is 6.92 Å². The van der Waals surface area contributed by atoms with E-state index in [1.54, 1.807) is 0 Å². The van der Waals surface area contributed by atoms with Crippen molar-refractivity contribution in [2.45, 2.75) is 6.92 Å². The summed E-state index contributed by atoms with van der Waals surface area (Å²) in [6.07, 6.45) is 0.833. The molecule has 0 bridgehead atoms. The van der Waals surface area contributed by atoms with Gasteiger partial charge in [-0.15, -0.1) is 0 Å². The lowest BCUT2D eigenvalue weighted by Gasteiger charge is -1.95. The van der Waals surface area contributed by atoms with E-state index in [0.717, 1.165) is 13.0 Å². The second-order valence-electron chi connectivity index (χ2n) is 1.94. The van der Waals surface area contributed by atoms with Gasteiger partial charge in [-0.3, -0.25) is 4.79 Å². The molecule has 14 heavy (non-hydrogen) atoms. The van der Waals surface area contributed by atoms with Crippen molar-refractivity contribution in [1.82, 2.24) is 0 Å². The van der Waals surface area contributed by atoms with Gasteiger partial charge in [0.1, 0.15) is 6.61 Å². The van der Waals surface area contributed by atoms with Gasteiger partial charge in [0, 0.05) is 20.1 Å². The Balaban J connectivity index is 0. The van der Waals surface area contributed by atoms with Crippen molar-refractivity contribution in [3.63, 3.8) is 0 Å². The molecule has 1 N–H and O–H groups in total. The molecule has 0 aliphatic rings. The van der Waals surface area contributed by atoms with Gasteiger partial charge in [-0.05, 0) is 0 Å². The van der Waals surface area contributed by atoms with Crippen LogP contribution in [-0.4, -0.2) is 36.7 Å². The molecule has 0 saturated carbocycles. The number of carboxylic acids is 1. The number of methoxy groups -OCH3 is 1. The summed E-state index contributed by atoms with van der Waals surface area (Å²) < 4.78 is 8.47. The minimum absolute atomic E-state index is 0.181. The molecule has 6 heteroatoms. The third-order valence-corrected chi connectivity index (χ3v) is 0.694. The summed E-state index contributed by atoms with van der Waals surface area (Å²) in [6.45, 7) is 3.94. The molecule has 0 saturated heterocycles. The molecular formula is C8H12O6. The first-order valence-electron chi connectivity index (χ1n) is 3.49. The van der Waals surface area contributed by atoms with Crippen molar-refractivity contribution in [3.05, 3.63) is 12.7 Å². The lowest BCUT2D eigenvalue weighted by atomic mass is 10.7. The fourth-order valence-electron chi connectivity index (χ4n) is 0.308. The Hall–Kier alpha value is -1.69. The molecule has 0 atom stereocenters. The van der Waals surface area contributed by atoms with E-state index in [1.165, 1.54) is 7.11 Å². The third kappa shape index (κ3) is 16.7. The summed E-state index contributed by atoms with van der Waals surface area (Å²) in [5, 5.41) is 7.60. The molecule has 0 rings (SSSR count). The molecule has 0 aromatic carbocycles. The normalized spacial score (nSPS) is 7.86. The van der Waals surface area contributed by atoms with Crippen LogP contribution in [0.15, 0.2) is 12.7 Å². The van der Waals surface area contributed by atoms with Gasteiger partial charge in [0.05, 0.1) is 0 Å². The molecule has 0 aromatic rings. The Morgan fingerprint density at radius 2 is 1.86 bits per heavy atom. The zero-order valence-corrected chi connectivity index (χ0v) is 7.98. The number of carbonyl (C=O) groups excluding carboxylic acids is 2. The SMILES string of the molecule is C=CC(=O)O.COCC(=O)OC(C)=O. The number of esters is 2. The Bertz CT molecular complexity index is 220. The van der Waals surface area contributed by atoms with E-state index < -0.39 is 17.9 Å². The van der Waals surface area contributed by atoms with Gasteiger partial charge >= 0.3 is 17.9 Å². The highest BCUT2D eigenvalue weighted by Crippen LogP contribution is 1.78. The predicted octanol–water partition coefficient (Wildman–Crippen LogP) is -0.0205. The number of aliphatic carboxylic acids is 1. The Labute approximate surface area is 81.1 Å². The molecule has 0 amide bonds. The minimum atomic E-state index is -0.981. The lowest BCUT2D eigenvalue weighted by Crippen LogP contribution is -2.13. The molecule has 6 nitrogen and oxygen atoms in total. The van der Waals surface area contributed by atoms with Crippen molar-refractivity contribution in [2.75, 3.05) is 13.7 Å². The van der Waals surface area contributed by atoms with Crippen LogP contribution in [0.25, 0.3) is 0 Å². The lowest BCUT2D eigenvalue weighted by molar-refractivity contribution is -0.160. The fourth-order valence-corrected chi connectivity index (χ4v) is 0.308. The molecule has 80 valence electrons. The summed E-state index contributed by atoms with van der Waals surface area (Å²) in [4.78, 5) is 29.6. The second-order valence-corrected chi connectivity index (χ2v) is 1.94. The van der Waals surface area contributed by atoms with Crippen LogP contribution >= 0.6 is 0 Å². The van der Waals surface area contributed by atoms with Crippen molar-refractivity contribution >= 4 is 17.9 Å². The summed E-state index contributed by atoms with van der Waals surface area (Å²) in [5.74, 6) is -2.26. The van der Waals surface area contributed by atoms with Gasteiger partial charge in [-0.2, -0.15) is 0 Å². The Morgan fingerprint density at radius 3 is 2.07 bits per heavy atom. The molecule has 0 heterocycles. The molecule has 0 spiro atoms. The van der Waals surface area contributed by atoms with Crippen LogP contribution in [0.2, 0.25) is 0 Å². The van der Waals surface area contributed by atoms with E-state index in [9.17, 15) is 14.4 Å². The Kier molecular flexibility index (Phi) is 9.94. The maximum Gasteiger partial charge on any atom is 0.339 e. The maximum atomic E-state index is 10.3. The quantitative estimate of drug-likeness (QED) is 0.394. The zero-order valence-electron chi connectivity index (χ0n) is 7.98. The molecule has 0 aliphatic heterocycles. The summed E-state index contributed by atoms with van der Waals surface area (Å²) >= 11 is 0. The topological polar surface area (TPSA) is 89.9 Å². The van der Waals surface area contributed by atoms with Crippen molar-refractivity contribution in [1.29, 1.82) is 0 Å². The molecule has 0 unspecified atom stereocenters. The average molecular weight is 204 g/mol. The highest BCUT2D eigenvalue weighted by atomic mass is 16.6. The summed E-state index contributed by atoms with van der Waals surface area (Å²) in [5.41, 5.74) is 0. The first-order chi connectivity index (χ1) is 6.43. The van der Waals surface area contributed by atoms with Crippen LogP contribution in [0.5, 0.6) is 0 Å². The third-order valence-electron chi connectivity index (χ3n) is 0.694. The smallest absolute Gasteiger partial charge is 0.339 e. The summed E-state index contributed by atoms with van der Waals surface area (Å²) in [6, 6.07) is 0. The fraction of sp³-hybridized carbons (Fsp3) is 0.375. The number of ether oxygens (including phenoxy) is 2. The van der Waals surface area contributed by atoms with E-state index >= 15 is 0 Å². The van der Waals surface area contributed by atoms with Crippen LogP contribution < -0.4 is 0 Å². The van der Waals surface area contributed by atoms with E-state index in [2.05, 4.69) is 16.1 Å². The number of carbonyl (C=O) groups is 3. The largest absolute Gasteiger partial charge is 0.478 e. The van der Waals surface area contributed by atoms with Gasteiger partial charge in [-0.1, -0.05) is 6.58 Å². The van der Waals surface area contributed by atoms with Gasteiger partial charge < -0.3 is 14.6 Å². The number of rotatable bonds is 3. The molecule has 0 radical (unpaired) electrons. The number of hydrogen-bond donors (Lipinski definition) is 1. The first-order valence-corrected chi connectivity index (χ1v) is 3.49. The monoisotopic (exact) mass is 204 g/mol. The van der Waals surface area contributed by atoms with Gasteiger partial charge in [0.15, 0.2) is 0 Å². The highest BCUT2D eigenvalue weighted by Gasteiger charge is 2.02. The molecular weight excluding hydrogens is 192 g/mol. The number of hydrogen-bond acceptors (Lipinski definition) is 5. The van der Waals surface area contributed by atoms with E-state index in [4.69, 9.17) is 5.11 Å². The first kappa shape index (κ1) is 14.8. The van der Waals surface area contributed by atoms with Crippen LogP contribution in [-0.2, 0) is 23.9 Å². The van der Waals surface area contributed by atoms with E-state index in [1.807, 2.05) is 0 Å². The number of carboxylic acid groups (broad SMARTS) is 1. The Morgan fingerprint density at radius 1 is 1.43 bits per heavy atom. The maximum absolute atomic E-state index is 10.3. The van der Waals surface area contributed by atoms with Crippen LogP contribution in [0.4, 0.5) is 0 Å². The van der Waals surface area contributed by atoms with Crippen molar-refractivity contribution in [3.8, 4) is 0 Å². The van der Waals surface area contributed by atoms with Crippen LogP contribution in [0, 0.1) is 0 Å². The summed E-state index contributed by atoms with van der Waals surface area (Å²) in [7, 11) is 1.35. The highest BCUT2D eigenvalue weighted by molar-refractivity contribution is 5.84. The second kappa shape index (κ2) is 9.40. The average Bonchev–Trinajstić information content (AvgIpc) is 2.04. The van der Waals surface area contributed by atoms with Gasteiger partial charge in [0.25, 0.3) is 0 Å².